The highest BCUT2D eigenvalue weighted by Gasteiger charge is 2.05. The van der Waals surface area contributed by atoms with Gasteiger partial charge in [-0.25, -0.2) is 0 Å². The molecule has 0 heterocycles. The van der Waals surface area contributed by atoms with Crippen LogP contribution in [0.25, 0.3) is 0 Å². The van der Waals surface area contributed by atoms with Gasteiger partial charge in [0.25, 0.3) is 0 Å². The van der Waals surface area contributed by atoms with Crippen LogP contribution in [0.15, 0.2) is 34.5 Å². The molecule has 1 amide bonds. The van der Waals surface area contributed by atoms with Gasteiger partial charge in [0, 0.05) is 25.2 Å². The molecule has 0 saturated heterocycles. The molecule has 0 fully saturated rings. The number of primary amides is 1. The first kappa shape index (κ1) is 18.5. The average Bonchev–Trinajstić information content (AvgIpc) is 2.57. The molecule has 1 rings (SSSR count). The Kier molecular flexibility index (Phi) is 7.57. The second-order valence-corrected chi connectivity index (χ2v) is 4.90. The maximum atomic E-state index is 11.1. The molecule has 23 heavy (non-hydrogen) atoms. The first-order chi connectivity index (χ1) is 11.0. The SMILES string of the molecule is CNC(=S)NN=CC(=NNC(=S)NC)c1ccc(C(N)=O)cc1. The van der Waals surface area contributed by atoms with Gasteiger partial charge in [0.1, 0.15) is 5.71 Å². The number of benzene rings is 1. The Morgan fingerprint density at radius 3 is 2.09 bits per heavy atom. The Morgan fingerprint density at radius 2 is 1.57 bits per heavy atom. The second-order valence-electron chi connectivity index (χ2n) is 4.08. The number of amides is 1. The van der Waals surface area contributed by atoms with E-state index in [0.29, 0.717) is 27.1 Å². The molecule has 0 bridgehead atoms. The van der Waals surface area contributed by atoms with Crippen LogP contribution in [-0.2, 0) is 0 Å². The van der Waals surface area contributed by atoms with Gasteiger partial charge in [0.15, 0.2) is 10.2 Å². The monoisotopic (exact) mass is 351 g/mol. The second kappa shape index (κ2) is 9.43. The summed E-state index contributed by atoms with van der Waals surface area (Å²) in [5, 5.41) is 14.3. The Balaban J connectivity index is 3.00. The van der Waals surface area contributed by atoms with Gasteiger partial charge in [0.2, 0.25) is 5.91 Å². The van der Waals surface area contributed by atoms with E-state index < -0.39 is 5.91 Å². The maximum Gasteiger partial charge on any atom is 0.248 e. The molecule has 0 aromatic heterocycles. The van der Waals surface area contributed by atoms with E-state index in [1.807, 2.05) is 0 Å². The zero-order chi connectivity index (χ0) is 17.2. The summed E-state index contributed by atoms with van der Waals surface area (Å²) in [6.07, 6.45) is 1.47. The highest BCUT2D eigenvalue weighted by molar-refractivity contribution is 7.80. The maximum absolute atomic E-state index is 11.1. The van der Waals surface area contributed by atoms with E-state index in [1.165, 1.54) is 6.21 Å². The fraction of sp³-hybridized carbons (Fsp3) is 0.154. The van der Waals surface area contributed by atoms with Crippen LogP contribution in [0, 0.1) is 0 Å². The summed E-state index contributed by atoms with van der Waals surface area (Å²) in [6, 6.07) is 6.60. The highest BCUT2D eigenvalue weighted by Crippen LogP contribution is 2.04. The molecule has 6 N–H and O–H groups in total. The predicted octanol–water partition coefficient (Wildman–Crippen LogP) is -0.337. The standard InChI is InChI=1S/C13H17N7OS2/c1-15-12(22)19-17-7-10(18-20-13(23)16-2)8-3-5-9(6-4-8)11(14)21/h3-7H,1-2H3,(H2,14,21)(H2,15,19,22)(H2,16,20,23). The largest absolute Gasteiger partial charge is 0.366 e. The molecular formula is C13H17N7OS2. The molecule has 1 aromatic rings. The smallest absolute Gasteiger partial charge is 0.248 e. The average molecular weight is 351 g/mol. The van der Waals surface area contributed by atoms with Gasteiger partial charge in [-0.1, -0.05) is 12.1 Å². The van der Waals surface area contributed by atoms with Gasteiger partial charge >= 0.3 is 0 Å². The number of hydrogen-bond donors (Lipinski definition) is 5. The van der Waals surface area contributed by atoms with Crippen molar-refractivity contribution in [2.75, 3.05) is 14.1 Å². The number of thiocarbonyl (C=S) groups is 2. The van der Waals surface area contributed by atoms with Gasteiger partial charge in [-0.2, -0.15) is 10.2 Å². The molecule has 0 unspecified atom stereocenters. The van der Waals surface area contributed by atoms with E-state index in [2.05, 4.69) is 31.7 Å². The number of rotatable bonds is 5. The van der Waals surface area contributed by atoms with Crippen LogP contribution in [0.2, 0.25) is 0 Å². The molecule has 0 saturated carbocycles. The van der Waals surface area contributed by atoms with Crippen LogP contribution < -0.4 is 27.2 Å². The molecule has 0 aliphatic rings. The molecule has 0 spiro atoms. The first-order valence-electron chi connectivity index (χ1n) is 6.44. The summed E-state index contributed by atoms with van der Waals surface area (Å²) < 4.78 is 0. The van der Waals surface area contributed by atoms with Gasteiger partial charge in [-0.15, -0.1) is 0 Å². The third-order valence-corrected chi connectivity index (χ3v) is 3.14. The van der Waals surface area contributed by atoms with Crippen LogP contribution >= 0.6 is 24.4 Å². The number of nitrogens with two attached hydrogens (primary N) is 1. The van der Waals surface area contributed by atoms with Crippen molar-refractivity contribution in [3.05, 3.63) is 35.4 Å². The van der Waals surface area contributed by atoms with Crippen molar-refractivity contribution in [2.24, 2.45) is 15.9 Å². The molecule has 10 heteroatoms. The Bertz CT molecular complexity index is 640. The lowest BCUT2D eigenvalue weighted by molar-refractivity contribution is 0.100. The molecule has 0 radical (unpaired) electrons. The van der Waals surface area contributed by atoms with Crippen LogP contribution in [0.1, 0.15) is 15.9 Å². The van der Waals surface area contributed by atoms with Crippen molar-refractivity contribution in [3.8, 4) is 0 Å². The van der Waals surface area contributed by atoms with Gasteiger partial charge < -0.3 is 16.4 Å². The lowest BCUT2D eigenvalue weighted by atomic mass is 10.1. The topological polar surface area (TPSA) is 116 Å². The Morgan fingerprint density at radius 1 is 1.04 bits per heavy atom. The van der Waals surface area contributed by atoms with Crippen molar-refractivity contribution in [1.82, 2.24) is 21.5 Å². The molecule has 8 nitrogen and oxygen atoms in total. The molecule has 0 aliphatic heterocycles. The van der Waals surface area contributed by atoms with E-state index in [4.69, 9.17) is 30.2 Å². The highest BCUT2D eigenvalue weighted by atomic mass is 32.1. The van der Waals surface area contributed by atoms with Crippen LogP contribution in [0.3, 0.4) is 0 Å². The molecule has 0 atom stereocenters. The number of nitrogens with zero attached hydrogens (tertiary/aromatic N) is 2. The fourth-order valence-corrected chi connectivity index (χ4v) is 1.45. The quantitative estimate of drug-likeness (QED) is 0.280. The molecular weight excluding hydrogens is 334 g/mol. The molecule has 122 valence electrons. The van der Waals surface area contributed by atoms with Gasteiger partial charge in [0.05, 0.1) is 6.21 Å². The number of nitrogens with one attached hydrogen (secondary N) is 4. The summed E-state index contributed by atoms with van der Waals surface area (Å²) >= 11 is 9.89. The zero-order valence-corrected chi connectivity index (χ0v) is 14.2. The van der Waals surface area contributed by atoms with E-state index in [0.717, 1.165) is 0 Å². The zero-order valence-electron chi connectivity index (χ0n) is 12.6. The van der Waals surface area contributed by atoms with Crippen molar-refractivity contribution < 1.29 is 4.79 Å². The summed E-state index contributed by atoms with van der Waals surface area (Å²) in [4.78, 5) is 11.1. The number of hydrogen-bond acceptors (Lipinski definition) is 5. The van der Waals surface area contributed by atoms with Crippen molar-refractivity contribution in [2.45, 2.75) is 0 Å². The molecule has 1 aromatic carbocycles. The van der Waals surface area contributed by atoms with Crippen LogP contribution in [0.5, 0.6) is 0 Å². The van der Waals surface area contributed by atoms with E-state index >= 15 is 0 Å². The van der Waals surface area contributed by atoms with Crippen molar-refractivity contribution in [3.63, 3.8) is 0 Å². The van der Waals surface area contributed by atoms with Gasteiger partial charge in [-0.3, -0.25) is 15.6 Å². The van der Waals surface area contributed by atoms with E-state index in [9.17, 15) is 4.79 Å². The normalized spacial score (nSPS) is 11.0. The summed E-state index contributed by atoms with van der Waals surface area (Å²) in [6.45, 7) is 0. The number of carbonyl (C=O) groups excluding carboxylic acids is 1. The number of carbonyl (C=O) groups is 1. The minimum Gasteiger partial charge on any atom is -0.366 e. The summed E-state index contributed by atoms with van der Waals surface area (Å²) in [7, 11) is 3.35. The van der Waals surface area contributed by atoms with Crippen molar-refractivity contribution >= 4 is 52.5 Å². The Labute approximate surface area is 144 Å². The fourth-order valence-electron chi connectivity index (χ4n) is 1.35. The third-order valence-electron chi connectivity index (χ3n) is 2.55. The lowest BCUT2D eigenvalue weighted by Crippen LogP contribution is -2.30. The third kappa shape index (κ3) is 6.36. The summed E-state index contributed by atoms with van der Waals surface area (Å²) in [5.41, 5.74) is 12.1. The van der Waals surface area contributed by atoms with Crippen molar-refractivity contribution in [1.29, 1.82) is 0 Å². The summed E-state index contributed by atoms with van der Waals surface area (Å²) in [5.74, 6) is -0.501. The van der Waals surface area contributed by atoms with E-state index in [1.54, 1.807) is 38.4 Å². The Hall–Kier alpha value is -2.59. The number of hydrazone groups is 2. The van der Waals surface area contributed by atoms with E-state index in [-0.39, 0.29) is 0 Å². The first-order valence-corrected chi connectivity index (χ1v) is 7.26. The van der Waals surface area contributed by atoms with Crippen LogP contribution in [-0.4, -0.2) is 42.2 Å². The van der Waals surface area contributed by atoms with Crippen LogP contribution in [0.4, 0.5) is 0 Å². The lowest BCUT2D eigenvalue weighted by Gasteiger charge is -2.06. The predicted molar refractivity (Wildman–Crippen MR) is 99.6 cm³/mol. The van der Waals surface area contributed by atoms with Gasteiger partial charge in [-0.05, 0) is 36.6 Å². The minimum absolute atomic E-state index is 0.350. The molecule has 0 aliphatic carbocycles. The minimum atomic E-state index is -0.501.